The second-order valence-electron chi connectivity index (χ2n) is 5.52. The van der Waals surface area contributed by atoms with Gasteiger partial charge >= 0.3 is 5.97 Å². The number of carbonyl (C=O) groups is 2. The molecule has 2 aromatic heterocycles. The number of hydrogen-bond donors (Lipinski definition) is 1. The molecule has 0 saturated heterocycles. The number of thiazole rings is 1. The lowest BCUT2D eigenvalue weighted by atomic mass is 10.2. The largest absolute Gasteiger partial charge is 0.462 e. The van der Waals surface area contributed by atoms with Gasteiger partial charge in [-0.25, -0.2) is 9.78 Å². The van der Waals surface area contributed by atoms with Gasteiger partial charge in [-0.1, -0.05) is 29.5 Å². The minimum absolute atomic E-state index is 0.137. The number of hydrogen-bond acceptors (Lipinski definition) is 5. The summed E-state index contributed by atoms with van der Waals surface area (Å²) in [7, 11) is 0. The minimum Gasteiger partial charge on any atom is -0.462 e. The molecule has 0 unspecified atom stereocenters. The van der Waals surface area contributed by atoms with Gasteiger partial charge in [0, 0.05) is 24.7 Å². The zero-order chi connectivity index (χ0) is 17.8. The number of esters is 1. The molecule has 3 aromatic rings. The summed E-state index contributed by atoms with van der Waals surface area (Å²) in [6.45, 7) is 4.36. The first-order valence-electron chi connectivity index (χ1n) is 8.06. The summed E-state index contributed by atoms with van der Waals surface area (Å²) >= 11 is 1.14. The summed E-state index contributed by atoms with van der Waals surface area (Å²) in [5.74, 6) is -0.543. The molecular formula is C18H19N3O3S. The van der Waals surface area contributed by atoms with Gasteiger partial charge in [0.05, 0.1) is 12.3 Å². The van der Waals surface area contributed by atoms with Crippen molar-refractivity contribution in [2.45, 2.75) is 26.8 Å². The molecule has 6 nitrogen and oxygen atoms in total. The molecule has 2 heterocycles. The van der Waals surface area contributed by atoms with E-state index in [1.165, 1.54) is 0 Å². The van der Waals surface area contributed by atoms with Gasteiger partial charge in [-0.2, -0.15) is 0 Å². The second kappa shape index (κ2) is 7.48. The van der Waals surface area contributed by atoms with Crippen molar-refractivity contribution in [3.63, 3.8) is 0 Å². The Balaban J connectivity index is 1.61. The van der Waals surface area contributed by atoms with Crippen LogP contribution in [0.1, 0.15) is 28.7 Å². The summed E-state index contributed by atoms with van der Waals surface area (Å²) in [4.78, 5) is 28.6. The number of amides is 1. The zero-order valence-corrected chi connectivity index (χ0v) is 14.9. The Morgan fingerprint density at radius 3 is 2.88 bits per heavy atom. The van der Waals surface area contributed by atoms with Crippen LogP contribution in [-0.2, 0) is 16.1 Å². The maximum Gasteiger partial charge on any atom is 0.350 e. The standard InChI is InChI=1S/C18H19N3O3S/c1-3-24-17(23)16-12(2)19-18(25-16)20-15(22)9-11-21-10-8-13-6-4-5-7-14(13)21/h4-8,10H,3,9,11H2,1-2H3,(H,19,20,22). The lowest BCUT2D eigenvalue weighted by Crippen LogP contribution is -2.14. The molecule has 1 aromatic carbocycles. The number of aromatic nitrogens is 2. The van der Waals surface area contributed by atoms with Crippen LogP contribution in [0.3, 0.4) is 0 Å². The second-order valence-corrected chi connectivity index (χ2v) is 6.52. The summed E-state index contributed by atoms with van der Waals surface area (Å²) in [6.07, 6.45) is 2.30. The third kappa shape index (κ3) is 3.88. The van der Waals surface area contributed by atoms with E-state index >= 15 is 0 Å². The van der Waals surface area contributed by atoms with Crippen LogP contribution in [0.25, 0.3) is 10.9 Å². The maximum absolute atomic E-state index is 12.2. The fraction of sp³-hybridized carbons (Fsp3) is 0.278. The molecule has 7 heteroatoms. The SMILES string of the molecule is CCOC(=O)c1sc(NC(=O)CCn2ccc3ccccc32)nc1C. The van der Waals surface area contributed by atoms with Gasteiger partial charge in [-0.3, -0.25) is 4.79 Å². The minimum atomic E-state index is -0.406. The molecule has 0 saturated carbocycles. The van der Waals surface area contributed by atoms with Crippen LogP contribution < -0.4 is 5.32 Å². The van der Waals surface area contributed by atoms with Crippen molar-refractivity contribution >= 4 is 39.2 Å². The molecule has 3 rings (SSSR count). The first kappa shape index (κ1) is 17.2. The van der Waals surface area contributed by atoms with Crippen molar-refractivity contribution in [3.8, 4) is 0 Å². The van der Waals surface area contributed by atoms with Crippen LogP contribution in [0, 0.1) is 6.92 Å². The summed E-state index contributed by atoms with van der Waals surface area (Å²) in [5.41, 5.74) is 1.67. The predicted molar refractivity (Wildman–Crippen MR) is 98.0 cm³/mol. The Hall–Kier alpha value is -2.67. The number of fused-ring (bicyclic) bond motifs is 1. The van der Waals surface area contributed by atoms with Crippen molar-refractivity contribution in [2.24, 2.45) is 0 Å². The number of benzene rings is 1. The molecule has 0 atom stereocenters. The molecule has 0 fully saturated rings. The molecule has 0 spiro atoms. The van der Waals surface area contributed by atoms with E-state index in [9.17, 15) is 9.59 Å². The van der Waals surface area contributed by atoms with Gasteiger partial charge in [0.1, 0.15) is 4.88 Å². The number of aryl methyl sites for hydroxylation is 2. The number of anilines is 1. The highest BCUT2D eigenvalue weighted by Gasteiger charge is 2.17. The van der Waals surface area contributed by atoms with E-state index in [0.29, 0.717) is 35.3 Å². The number of rotatable bonds is 6. The van der Waals surface area contributed by atoms with E-state index in [2.05, 4.69) is 10.3 Å². The highest BCUT2D eigenvalue weighted by atomic mass is 32.1. The molecule has 0 bridgehead atoms. The smallest absolute Gasteiger partial charge is 0.350 e. The average molecular weight is 357 g/mol. The van der Waals surface area contributed by atoms with Crippen LogP contribution in [0.5, 0.6) is 0 Å². The monoisotopic (exact) mass is 357 g/mol. The third-order valence-electron chi connectivity index (χ3n) is 3.76. The third-order valence-corrected chi connectivity index (χ3v) is 4.82. The van der Waals surface area contributed by atoms with E-state index in [4.69, 9.17) is 4.74 Å². The van der Waals surface area contributed by atoms with Gasteiger partial charge in [-0.05, 0) is 31.4 Å². The number of nitrogens with zero attached hydrogens (tertiary/aromatic N) is 2. The van der Waals surface area contributed by atoms with Crippen molar-refractivity contribution in [1.29, 1.82) is 0 Å². The van der Waals surface area contributed by atoms with Gasteiger partial charge in [0.2, 0.25) is 5.91 Å². The lowest BCUT2D eigenvalue weighted by Gasteiger charge is -2.05. The van der Waals surface area contributed by atoms with E-state index in [1.54, 1.807) is 13.8 Å². The fourth-order valence-corrected chi connectivity index (χ4v) is 3.45. The molecule has 25 heavy (non-hydrogen) atoms. The quantitative estimate of drug-likeness (QED) is 0.684. The normalized spacial score (nSPS) is 10.8. The summed E-state index contributed by atoms with van der Waals surface area (Å²) in [6, 6.07) is 10.1. The van der Waals surface area contributed by atoms with Crippen LogP contribution >= 0.6 is 11.3 Å². The van der Waals surface area contributed by atoms with Gasteiger partial charge in [0.25, 0.3) is 0 Å². The van der Waals surface area contributed by atoms with Crippen molar-refractivity contribution in [2.75, 3.05) is 11.9 Å². The average Bonchev–Trinajstić information content (AvgIpc) is 3.16. The van der Waals surface area contributed by atoms with Crippen LogP contribution in [0.4, 0.5) is 5.13 Å². The molecule has 0 aliphatic rings. The highest BCUT2D eigenvalue weighted by Crippen LogP contribution is 2.23. The molecule has 0 aliphatic heterocycles. The number of para-hydroxylation sites is 1. The Morgan fingerprint density at radius 1 is 1.28 bits per heavy atom. The van der Waals surface area contributed by atoms with Crippen LogP contribution in [-0.4, -0.2) is 28.0 Å². The summed E-state index contributed by atoms with van der Waals surface area (Å²) in [5, 5.41) is 4.33. The Morgan fingerprint density at radius 2 is 2.08 bits per heavy atom. The van der Waals surface area contributed by atoms with Crippen molar-refractivity contribution in [3.05, 3.63) is 47.1 Å². The van der Waals surface area contributed by atoms with E-state index in [0.717, 1.165) is 22.2 Å². The van der Waals surface area contributed by atoms with Crippen LogP contribution in [0.2, 0.25) is 0 Å². The van der Waals surface area contributed by atoms with E-state index in [-0.39, 0.29) is 5.91 Å². The molecule has 0 aliphatic carbocycles. The first-order chi connectivity index (χ1) is 12.1. The highest BCUT2D eigenvalue weighted by molar-refractivity contribution is 7.17. The molecule has 1 amide bonds. The molecule has 0 radical (unpaired) electrons. The predicted octanol–water partition coefficient (Wildman–Crippen LogP) is 3.61. The first-order valence-corrected chi connectivity index (χ1v) is 8.88. The van der Waals surface area contributed by atoms with Gasteiger partial charge < -0.3 is 14.6 Å². The molecule has 130 valence electrons. The Bertz CT molecular complexity index is 913. The molecule has 1 N–H and O–H groups in total. The lowest BCUT2D eigenvalue weighted by molar-refractivity contribution is -0.116. The summed E-state index contributed by atoms with van der Waals surface area (Å²) < 4.78 is 7.03. The van der Waals surface area contributed by atoms with Crippen molar-refractivity contribution < 1.29 is 14.3 Å². The van der Waals surface area contributed by atoms with Crippen molar-refractivity contribution in [1.82, 2.24) is 9.55 Å². The number of carbonyl (C=O) groups excluding carboxylic acids is 2. The van der Waals surface area contributed by atoms with E-state index < -0.39 is 5.97 Å². The fourth-order valence-electron chi connectivity index (χ4n) is 2.58. The Kier molecular flexibility index (Phi) is 5.14. The zero-order valence-electron chi connectivity index (χ0n) is 14.1. The number of nitrogens with one attached hydrogen (secondary N) is 1. The maximum atomic E-state index is 12.2. The Labute approximate surface area is 149 Å². The number of ether oxygens (including phenoxy) is 1. The van der Waals surface area contributed by atoms with E-state index in [1.807, 2.05) is 41.1 Å². The van der Waals surface area contributed by atoms with Gasteiger partial charge in [-0.15, -0.1) is 0 Å². The topological polar surface area (TPSA) is 73.2 Å². The van der Waals surface area contributed by atoms with Crippen LogP contribution in [0.15, 0.2) is 36.5 Å². The molecular weight excluding hydrogens is 338 g/mol. The van der Waals surface area contributed by atoms with Gasteiger partial charge in [0.15, 0.2) is 5.13 Å².